The van der Waals surface area contributed by atoms with Crippen LogP contribution in [0.1, 0.15) is 24.5 Å². The maximum absolute atomic E-state index is 4.63. The van der Waals surface area contributed by atoms with E-state index in [1.807, 2.05) is 6.07 Å². The summed E-state index contributed by atoms with van der Waals surface area (Å²) in [4.78, 5) is 4.63. The number of rotatable bonds is 5. The Kier molecular flexibility index (Phi) is 4.71. The second-order valence-electron chi connectivity index (χ2n) is 4.42. The van der Waals surface area contributed by atoms with Crippen molar-refractivity contribution in [3.63, 3.8) is 0 Å². The summed E-state index contributed by atoms with van der Waals surface area (Å²) in [5.41, 5.74) is 3.74. The van der Waals surface area contributed by atoms with Crippen LogP contribution in [0.4, 0.5) is 0 Å². The first-order valence-electron chi connectivity index (χ1n) is 6.46. The zero-order valence-corrected chi connectivity index (χ0v) is 10.8. The average Bonchev–Trinajstić information content (AvgIpc) is 2.45. The van der Waals surface area contributed by atoms with Crippen LogP contribution < -0.4 is 0 Å². The normalized spacial score (nSPS) is 11.5. The number of aliphatic imine (C=N–C) groups is 1. The molecule has 0 saturated carbocycles. The predicted molar refractivity (Wildman–Crippen MR) is 78.3 cm³/mol. The molecule has 1 heteroatoms. The highest BCUT2D eigenvalue weighted by atomic mass is 14.7. The van der Waals surface area contributed by atoms with E-state index < -0.39 is 0 Å². The third kappa shape index (κ3) is 3.85. The van der Waals surface area contributed by atoms with Crippen LogP contribution in [0.5, 0.6) is 0 Å². The Hall–Kier alpha value is -1.89. The molecule has 0 spiro atoms. The minimum absolute atomic E-state index is 0.898. The minimum Gasteiger partial charge on any atom is -0.289 e. The van der Waals surface area contributed by atoms with Crippen LogP contribution >= 0.6 is 0 Å². The summed E-state index contributed by atoms with van der Waals surface area (Å²) in [5.74, 6) is 0. The smallest absolute Gasteiger partial charge is 0.0395 e. The van der Waals surface area contributed by atoms with Crippen LogP contribution in [0.2, 0.25) is 0 Å². The lowest BCUT2D eigenvalue weighted by molar-refractivity contribution is 0.833. The van der Waals surface area contributed by atoms with Crippen molar-refractivity contribution >= 4 is 5.71 Å². The zero-order chi connectivity index (χ0) is 12.6. The highest BCUT2D eigenvalue weighted by Crippen LogP contribution is 2.04. The molecular formula is C17H19N. The van der Waals surface area contributed by atoms with Gasteiger partial charge in [0, 0.05) is 12.3 Å². The lowest BCUT2D eigenvalue weighted by atomic mass is 10.1. The van der Waals surface area contributed by atoms with E-state index in [0.29, 0.717) is 0 Å². The Morgan fingerprint density at radius 1 is 0.889 bits per heavy atom. The van der Waals surface area contributed by atoms with Crippen molar-refractivity contribution in [3.05, 3.63) is 71.8 Å². The van der Waals surface area contributed by atoms with Crippen molar-refractivity contribution in [2.45, 2.75) is 19.8 Å². The molecule has 2 rings (SSSR count). The van der Waals surface area contributed by atoms with E-state index in [4.69, 9.17) is 0 Å². The molecule has 0 unspecified atom stereocenters. The molecule has 0 saturated heterocycles. The minimum atomic E-state index is 0.898. The summed E-state index contributed by atoms with van der Waals surface area (Å²) in [7, 11) is 0. The van der Waals surface area contributed by atoms with Gasteiger partial charge in [0.1, 0.15) is 0 Å². The summed E-state index contributed by atoms with van der Waals surface area (Å²) in [6, 6.07) is 20.9. The molecule has 0 aliphatic carbocycles. The predicted octanol–water partition coefficient (Wildman–Crippen LogP) is 4.13. The summed E-state index contributed by atoms with van der Waals surface area (Å²) < 4.78 is 0. The molecule has 0 atom stereocenters. The number of aryl methyl sites for hydroxylation is 1. The van der Waals surface area contributed by atoms with E-state index >= 15 is 0 Å². The van der Waals surface area contributed by atoms with E-state index in [0.717, 1.165) is 25.1 Å². The maximum atomic E-state index is 4.63. The summed E-state index contributed by atoms with van der Waals surface area (Å²) in [6.07, 6.45) is 2.21. The van der Waals surface area contributed by atoms with Gasteiger partial charge in [-0.25, -0.2) is 0 Å². The van der Waals surface area contributed by atoms with Crippen LogP contribution in [0, 0.1) is 0 Å². The lowest BCUT2D eigenvalue weighted by Gasteiger charge is -2.02. The van der Waals surface area contributed by atoms with E-state index in [1.54, 1.807) is 0 Å². The molecule has 0 aliphatic heterocycles. The molecule has 18 heavy (non-hydrogen) atoms. The maximum Gasteiger partial charge on any atom is 0.0395 e. The summed E-state index contributed by atoms with van der Waals surface area (Å²) >= 11 is 0. The van der Waals surface area contributed by atoms with Gasteiger partial charge in [-0.05, 0) is 30.9 Å². The fourth-order valence-electron chi connectivity index (χ4n) is 1.95. The summed E-state index contributed by atoms with van der Waals surface area (Å²) in [6.45, 7) is 2.98. The second-order valence-corrected chi connectivity index (χ2v) is 4.42. The molecule has 0 aliphatic rings. The van der Waals surface area contributed by atoms with Crippen LogP contribution in [-0.4, -0.2) is 12.3 Å². The molecule has 2 aromatic rings. The molecule has 2 aromatic carbocycles. The number of nitrogens with zero attached hydrogens (tertiary/aromatic N) is 1. The van der Waals surface area contributed by atoms with Gasteiger partial charge >= 0.3 is 0 Å². The van der Waals surface area contributed by atoms with E-state index in [9.17, 15) is 0 Å². The first kappa shape index (κ1) is 12.6. The van der Waals surface area contributed by atoms with Gasteiger partial charge < -0.3 is 0 Å². The van der Waals surface area contributed by atoms with Gasteiger partial charge in [-0.3, -0.25) is 4.99 Å². The fraction of sp³-hybridized carbons (Fsp3) is 0.235. The molecule has 0 amide bonds. The number of benzene rings is 2. The Balaban J connectivity index is 1.81. The third-order valence-corrected chi connectivity index (χ3v) is 3.01. The summed E-state index contributed by atoms with van der Waals surface area (Å²) in [5, 5.41) is 0. The Morgan fingerprint density at radius 3 is 2.17 bits per heavy atom. The molecule has 0 radical (unpaired) electrons. The highest BCUT2D eigenvalue weighted by molar-refractivity contribution is 5.98. The molecule has 0 bridgehead atoms. The van der Waals surface area contributed by atoms with Crippen LogP contribution in [0.3, 0.4) is 0 Å². The van der Waals surface area contributed by atoms with Crippen LogP contribution in [-0.2, 0) is 6.42 Å². The van der Waals surface area contributed by atoms with Crippen LogP contribution in [0.25, 0.3) is 0 Å². The van der Waals surface area contributed by atoms with Gasteiger partial charge in [-0.1, -0.05) is 60.7 Å². The first-order chi connectivity index (χ1) is 8.86. The van der Waals surface area contributed by atoms with Gasteiger partial charge in [0.2, 0.25) is 0 Å². The standard InChI is InChI=1S/C17H19N/c1-15(17-12-6-3-7-13-17)18-14-8-11-16-9-4-2-5-10-16/h2-7,9-10,12-13H,8,11,14H2,1H3. The van der Waals surface area contributed by atoms with E-state index in [1.165, 1.54) is 11.1 Å². The zero-order valence-electron chi connectivity index (χ0n) is 10.8. The molecule has 0 heterocycles. The van der Waals surface area contributed by atoms with Crippen molar-refractivity contribution in [3.8, 4) is 0 Å². The molecule has 0 fully saturated rings. The van der Waals surface area contributed by atoms with Crippen molar-refractivity contribution in [2.75, 3.05) is 6.54 Å². The first-order valence-corrected chi connectivity index (χ1v) is 6.46. The third-order valence-electron chi connectivity index (χ3n) is 3.01. The average molecular weight is 237 g/mol. The molecule has 0 aromatic heterocycles. The van der Waals surface area contributed by atoms with Gasteiger partial charge in [0.25, 0.3) is 0 Å². The van der Waals surface area contributed by atoms with Crippen molar-refractivity contribution in [2.24, 2.45) is 4.99 Å². The lowest BCUT2D eigenvalue weighted by Crippen LogP contribution is -1.97. The number of hydrogen-bond donors (Lipinski definition) is 0. The topological polar surface area (TPSA) is 12.4 Å². The number of hydrogen-bond acceptors (Lipinski definition) is 1. The Labute approximate surface area is 109 Å². The van der Waals surface area contributed by atoms with Crippen LogP contribution in [0.15, 0.2) is 65.7 Å². The monoisotopic (exact) mass is 237 g/mol. The van der Waals surface area contributed by atoms with E-state index in [-0.39, 0.29) is 0 Å². The second kappa shape index (κ2) is 6.75. The molecular weight excluding hydrogens is 218 g/mol. The van der Waals surface area contributed by atoms with Crippen molar-refractivity contribution in [1.82, 2.24) is 0 Å². The van der Waals surface area contributed by atoms with Crippen molar-refractivity contribution < 1.29 is 0 Å². The van der Waals surface area contributed by atoms with Gasteiger partial charge in [0.05, 0.1) is 0 Å². The SMILES string of the molecule is CC(=NCCCc1ccccc1)c1ccccc1. The van der Waals surface area contributed by atoms with Crippen molar-refractivity contribution in [1.29, 1.82) is 0 Å². The fourth-order valence-corrected chi connectivity index (χ4v) is 1.95. The van der Waals surface area contributed by atoms with Gasteiger partial charge in [0.15, 0.2) is 0 Å². The Morgan fingerprint density at radius 2 is 1.50 bits per heavy atom. The van der Waals surface area contributed by atoms with Gasteiger partial charge in [-0.2, -0.15) is 0 Å². The molecule has 92 valence electrons. The van der Waals surface area contributed by atoms with Gasteiger partial charge in [-0.15, -0.1) is 0 Å². The van der Waals surface area contributed by atoms with E-state index in [2.05, 4.69) is 66.5 Å². The Bertz CT molecular complexity index is 486. The quantitative estimate of drug-likeness (QED) is 0.547. The highest BCUT2D eigenvalue weighted by Gasteiger charge is 1.95. The molecule has 0 N–H and O–H groups in total. The molecule has 1 nitrogen and oxygen atoms in total. The largest absolute Gasteiger partial charge is 0.289 e.